The van der Waals surface area contributed by atoms with Gasteiger partial charge in [0.15, 0.2) is 0 Å². The van der Waals surface area contributed by atoms with E-state index in [1.807, 2.05) is 0 Å². The first-order valence-corrected chi connectivity index (χ1v) is 6.72. The molecule has 110 valence electrons. The van der Waals surface area contributed by atoms with Crippen LogP contribution in [0.1, 0.15) is 10.5 Å². The molecule has 0 aliphatic rings. The van der Waals surface area contributed by atoms with Gasteiger partial charge >= 0.3 is 0 Å². The third-order valence-electron chi connectivity index (χ3n) is 2.98. The van der Waals surface area contributed by atoms with Crippen molar-refractivity contribution in [3.8, 4) is 11.1 Å². The van der Waals surface area contributed by atoms with E-state index in [0.717, 1.165) is 6.20 Å². The maximum absolute atomic E-state index is 13.8. The molecule has 0 unspecified atom stereocenters. The summed E-state index contributed by atoms with van der Waals surface area (Å²) in [5.41, 5.74) is 1.66. The molecular formula is C15H10ClFN4O. The fourth-order valence-electron chi connectivity index (χ4n) is 1.95. The van der Waals surface area contributed by atoms with Gasteiger partial charge in [0.2, 0.25) is 0 Å². The molecular weight excluding hydrogens is 307 g/mol. The van der Waals surface area contributed by atoms with Crippen LogP contribution in [0.4, 0.5) is 10.1 Å². The molecule has 3 rings (SSSR count). The minimum Gasteiger partial charge on any atom is -0.357 e. The molecule has 0 spiro atoms. The maximum Gasteiger partial charge on any atom is 0.272 e. The Morgan fingerprint density at radius 1 is 1.32 bits per heavy atom. The van der Waals surface area contributed by atoms with E-state index >= 15 is 0 Å². The Hall–Kier alpha value is -2.73. The van der Waals surface area contributed by atoms with Crippen LogP contribution in [0.3, 0.4) is 0 Å². The molecule has 0 aliphatic heterocycles. The fourth-order valence-corrected chi connectivity index (χ4v) is 2.11. The molecule has 3 aromatic rings. The second kappa shape index (κ2) is 5.95. The summed E-state index contributed by atoms with van der Waals surface area (Å²) in [5.74, 6) is -0.859. The van der Waals surface area contributed by atoms with Crippen LogP contribution in [0, 0.1) is 5.82 Å². The van der Waals surface area contributed by atoms with Crippen molar-refractivity contribution >= 4 is 23.2 Å². The number of carbonyl (C=O) groups excluding carboxylic acids is 1. The van der Waals surface area contributed by atoms with Crippen molar-refractivity contribution in [2.75, 3.05) is 5.32 Å². The van der Waals surface area contributed by atoms with Gasteiger partial charge in [0.1, 0.15) is 16.7 Å². The lowest BCUT2D eigenvalue weighted by Gasteiger charge is -2.02. The number of halogens is 2. The summed E-state index contributed by atoms with van der Waals surface area (Å²) in [4.78, 5) is 22.5. The molecule has 0 atom stereocenters. The van der Waals surface area contributed by atoms with E-state index in [9.17, 15) is 9.18 Å². The number of nitrogens with one attached hydrogen (secondary N) is 2. The summed E-state index contributed by atoms with van der Waals surface area (Å²) in [6, 6.07) is 6.38. The highest BCUT2D eigenvalue weighted by Gasteiger charge is 2.13. The highest BCUT2D eigenvalue weighted by Crippen LogP contribution is 2.25. The van der Waals surface area contributed by atoms with E-state index < -0.39 is 5.82 Å². The number of aromatic nitrogens is 3. The zero-order valence-corrected chi connectivity index (χ0v) is 11.9. The monoisotopic (exact) mass is 316 g/mol. The number of H-pyrrole nitrogens is 1. The van der Waals surface area contributed by atoms with E-state index in [2.05, 4.69) is 20.3 Å². The van der Waals surface area contributed by atoms with Gasteiger partial charge in [-0.15, -0.1) is 0 Å². The topological polar surface area (TPSA) is 70.7 Å². The standard InChI is InChI=1S/C15H10ClFN4O/c16-14-5-11(12(17)8-20-14)9-4-13(19-6-9)15(22)21-10-2-1-3-18-7-10/h1-8,19H,(H,21,22). The third kappa shape index (κ3) is 2.96. The van der Waals surface area contributed by atoms with Gasteiger partial charge in [-0.05, 0) is 24.3 Å². The third-order valence-corrected chi connectivity index (χ3v) is 3.19. The molecule has 22 heavy (non-hydrogen) atoms. The molecule has 1 amide bonds. The number of carbonyl (C=O) groups is 1. The lowest BCUT2D eigenvalue weighted by molar-refractivity contribution is 0.102. The fraction of sp³-hybridized carbons (Fsp3) is 0. The van der Waals surface area contributed by atoms with Gasteiger partial charge in [-0.2, -0.15) is 0 Å². The number of hydrogen-bond acceptors (Lipinski definition) is 3. The molecule has 0 saturated heterocycles. The second-order valence-corrected chi connectivity index (χ2v) is 4.87. The van der Waals surface area contributed by atoms with Crippen molar-refractivity contribution in [2.24, 2.45) is 0 Å². The summed E-state index contributed by atoms with van der Waals surface area (Å²) in [5, 5.41) is 2.86. The van der Waals surface area contributed by atoms with Crippen molar-refractivity contribution in [3.63, 3.8) is 0 Å². The zero-order valence-electron chi connectivity index (χ0n) is 11.2. The molecule has 2 N–H and O–H groups in total. The van der Waals surface area contributed by atoms with E-state index in [4.69, 9.17) is 11.6 Å². The predicted octanol–water partition coefficient (Wildman–Crippen LogP) is 3.52. The molecule has 3 aromatic heterocycles. The Morgan fingerprint density at radius 2 is 2.18 bits per heavy atom. The largest absolute Gasteiger partial charge is 0.357 e. The van der Waals surface area contributed by atoms with Crippen LogP contribution >= 0.6 is 11.6 Å². The number of hydrogen-bond donors (Lipinski definition) is 2. The van der Waals surface area contributed by atoms with E-state index in [1.165, 1.54) is 18.5 Å². The molecule has 0 bridgehead atoms. The summed E-state index contributed by atoms with van der Waals surface area (Å²) in [6.45, 7) is 0. The van der Waals surface area contributed by atoms with Gasteiger partial charge in [-0.3, -0.25) is 9.78 Å². The number of rotatable bonds is 3. The first-order valence-electron chi connectivity index (χ1n) is 6.35. The van der Waals surface area contributed by atoms with Crippen LogP contribution in [0.2, 0.25) is 5.15 Å². The quantitative estimate of drug-likeness (QED) is 0.726. The maximum atomic E-state index is 13.8. The first-order chi connectivity index (χ1) is 10.6. The molecule has 0 aliphatic carbocycles. The van der Waals surface area contributed by atoms with Crippen LogP contribution in [0.25, 0.3) is 11.1 Å². The highest BCUT2D eigenvalue weighted by molar-refractivity contribution is 6.29. The molecule has 0 fully saturated rings. The van der Waals surface area contributed by atoms with Crippen molar-refractivity contribution in [2.45, 2.75) is 0 Å². The van der Waals surface area contributed by atoms with Crippen molar-refractivity contribution in [1.82, 2.24) is 15.0 Å². The van der Waals surface area contributed by atoms with Gasteiger partial charge in [0.05, 0.1) is 18.1 Å². The lowest BCUT2D eigenvalue weighted by Crippen LogP contribution is -2.12. The van der Waals surface area contributed by atoms with E-state index in [1.54, 1.807) is 24.4 Å². The summed E-state index contributed by atoms with van der Waals surface area (Å²) in [7, 11) is 0. The van der Waals surface area contributed by atoms with Crippen molar-refractivity contribution in [1.29, 1.82) is 0 Å². The smallest absolute Gasteiger partial charge is 0.272 e. The van der Waals surface area contributed by atoms with Crippen LogP contribution in [0.5, 0.6) is 0 Å². The number of nitrogens with zero attached hydrogens (tertiary/aromatic N) is 2. The molecule has 7 heteroatoms. The molecule has 0 radical (unpaired) electrons. The van der Waals surface area contributed by atoms with Crippen LogP contribution < -0.4 is 5.32 Å². The summed E-state index contributed by atoms with van der Waals surface area (Å²) >= 11 is 5.77. The summed E-state index contributed by atoms with van der Waals surface area (Å²) < 4.78 is 13.8. The Kier molecular flexibility index (Phi) is 3.84. The first kappa shape index (κ1) is 14.2. The SMILES string of the molecule is O=C(Nc1cccnc1)c1cc(-c2cc(Cl)ncc2F)c[nH]1. The van der Waals surface area contributed by atoms with E-state index in [-0.39, 0.29) is 16.6 Å². The number of aromatic amines is 1. The normalized spacial score (nSPS) is 10.5. The summed E-state index contributed by atoms with van der Waals surface area (Å²) in [6.07, 6.45) is 5.72. The van der Waals surface area contributed by atoms with Crippen LogP contribution in [-0.4, -0.2) is 20.9 Å². The van der Waals surface area contributed by atoms with Gasteiger partial charge in [-0.1, -0.05) is 11.6 Å². The second-order valence-electron chi connectivity index (χ2n) is 4.48. The Balaban J connectivity index is 1.84. The van der Waals surface area contributed by atoms with Crippen molar-refractivity contribution in [3.05, 3.63) is 65.7 Å². The molecule has 0 aromatic carbocycles. The number of anilines is 1. The van der Waals surface area contributed by atoms with Crippen LogP contribution in [0.15, 0.2) is 49.1 Å². The Bertz CT molecular complexity index is 819. The minimum absolute atomic E-state index is 0.180. The van der Waals surface area contributed by atoms with Gasteiger partial charge in [-0.25, -0.2) is 9.37 Å². The predicted molar refractivity (Wildman–Crippen MR) is 81.2 cm³/mol. The van der Waals surface area contributed by atoms with Crippen molar-refractivity contribution < 1.29 is 9.18 Å². The average molecular weight is 317 g/mol. The minimum atomic E-state index is -0.511. The van der Waals surface area contributed by atoms with Crippen LogP contribution in [-0.2, 0) is 0 Å². The zero-order chi connectivity index (χ0) is 15.5. The number of pyridine rings is 2. The highest BCUT2D eigenvalue weighted by atomic mass is 35.5. The number of amides is 1. The van der Waals surface area contributed by atoms with Gasteiger partial charge in [0, 0.05) is 23.5 Å². The molecule has 0 saturated carbocycles. The molecule has 5 nitrogen and oxygen atoms in total. The Morgan fingerprint density at radius 3 is 2.95 bits per heavy atom. The van der Waals surface area contributed by atoms with Gasteiger partial charge < -0.3 is 10.3 Å². The molecule has 3 heterocycles. The Labute approximate surface area is 130 Å². The van der Waals surface area contributed by atoms with Gasteiger partial charge in [0.25, 0.3) is 5.91 Å². The lowest BCUT2D eigenvalue weighted by atomic mass is 10.1. The van der Waals surface area contributed by atoms with E-state index in [0.29, 0.717) is 16.9 Å². The average Bonchev–Trinajstić information content (AvgIpc) is 3.00.